The van der Waals surface area contributed by atoms with E-state index in [1.54, 1.807) is 34.3 Å². The number of aromatic nitrogens is 3. The van der Waals surface area contributed by atoms with Gasteiger partial charge in [-0.05, 0) is 12.5 Å². The van der Waals surface area contributed by atoms with E-state index in [0.29, 0.717) is 30.8 Å². The van der Waals surface area contributed by atoms with Crippen LogP contribution in [0, 0.1) is 0 Å². The van der Waals surface area contributed by atoms with Gasteiger partial charge in [-0.1, -0.05) is 19.1 Å². The van der Waals surface area contributed by atoms with Gasteiger partial charge in [0.05, 0.1) is 31.1 Å². The fraction of sp³-hybridized carbons (Fsp3) is 0.533. The molecular weight excluding hydrogens is 284 g/mol. The third kappa shape index (κ3) is 2.76. The SMILES string of the molecule is CC(C)c1occc1C(=O)N1CCC(O)(Cn2ccnn2)C1. The summed E-state index contributed by atoms with van der Waals surface area (Å²) in [5.74, 6) is 0.745. The third-order valence-electron chi connectivity index (χ3n) is 4.00. The highest BCUT2D eigenvalue weighted by Crippen LogP contribution is 2.27. The summed E-state index contributed by atoms with van der Waals surface area (Å²) >= 11 is 0. The van der Waals surface area contributed by atoms with E-state index in [1.807, 2.05) is 13.8 Å². The van der Waals surface area contributed by atoms with E-state index in [4.69, 9.17) is 4.42 Å². The number of aliphatic hydroxyl groups is 1. The lowest BCUT2D eigenvalue weighted by Crippen LogP contribution is -2.39. The molecule has 1 N–H and O–H groups in total. The molecule has 0 bridgehead atoms. The van der Waals surface area contributed by atoms with Crippen LogP contribution < -0.4 is 0 Å². The third-order valence-corrected chi connectivity index (χ3v) is 4.00. The quantitative estimate of drug-likeness (QED) is 0.919. The maximum atomic E-state index is 12.6. The van der Waals surface area contributed by atoms with Crippen molar-refractivity contribution in [1.29, 1.82) is 0 Å². The number of carbonyl (C=O) groups is 1. The minimum atomic E-state index is -0.967. The van der Waals surface area contributed by atoms with Gasteiger partial charge in [0.1, 0.15) is 11.4 Å². The number of furan rings is 1. The Balaban J connectivity index is 1.72. The molecular formula is C15H20N4O3. The van der Waals surface area contributed by atoms with Crippen molar-refractivity contribution < 1.29 is 14.3 Å². The molecule has 7 heteroatoms. The van der Waals surface area contributed by atoms with E-state index in [1.165, 1.54) is 0 Å². The van der Waals surface area contributed by atoms with Crippen LogP contribution in [0.4, 0.5) is 0 Å². The molecule has 2 aromatic rings. The van der Waals surface area contributed by atoms with E-state index >= 15 is 0 Å². The average Bonchev–Trinajstić information content (AvgIpc) is 3.18. The Morgan fingerprint density at radius 3 is 3.05 bits per heavy atom. The molecule has 3 rings (SSSR count). The summed E-state index contributed by atoms with van der Waals surface area (Å²) in [5, 5.41) is 18.3. The molecule has 0 radical (unpaired) electrons. The zero-order valence-corrected chi connectivity index (χ0v) is 12.8. The largest absolute Gasteiger partial charge is 0.468 e. The number of amides is 1. The molecule has 1 aliphatic rings. The molecule has 1 unspecified atom stereocenters. The van der Waals surface area contributed by atoms with Crippen molar-refractivity contribution in [2.24, 2.45) is 0 Å². The van der Waals surface area contributed by atoms with Crippen LogP contribution >= 0.6 is 0 Å². The van der Waals surface area contributed by atoms with E-state index in [-0.39, 0.29) is 18.4 Å². The van der Waals surface area contributed by atoms with Crippen LogP contribution in [0.15, 0.2) is 29.1 Å². The van der Waals surface area contributed by atoms with Gasteiger partial charge in [0.2, 0.25) is 0 Å². The molecule has 0 aromatic carbocycles. The number of hydrogen-bond acceptors (Lipinski definition) is 5. The molecule has 0 spiro atoms. The van der Waals surface area contributed by atoms with E-state index in [0.717, 1.165) is 0 Å². The zero-order chi connectivity index (χ0) is 15.7. The van der Waals surface area contributed by atoms with Gasteiger partial charge in [-0.25, -0.2) is 4.68 Å². The smallest absolute Gasteiger partial charge is 0.257 e. The first kappa shape index (κ1) is 14.8. The topological polar surface area (TPSA) is 84.4 Å². The Morgan fingerprint density at radius 2 is 2.36 bits per heavy atom. The standard InChI is InChI=1S/C15H20N4O3/c1-11(2)13-12(3-8-22-13)14(20)18-6-4-15(21,9-18)10-19-7-5-16-17-19/h3,5,7-8,11,21H,4,6,9-10H2,1-2H3. The second-order valence-corrected chi connectivity index (χ2v) is 6.15. The van der Waals surface area contributed by atoms with Crippen molar-refractivity contribution in [3.63, 3.8) is 0 Å². The zero-order valence-electron chi connectivity index (χ0n) is 12.8. The molecule has 1 atom stereocenters. The number of likely N-dealkylation sites (tertiary alicyclic amines) is 1. The van der Waals surface area contributed by atoms with Gasteiger partial charge < -0.3 is 14.4 Å². The van der Waals surface area contributed by atoms with Crippen LogP contribution in [-0.2, 0) is 6.54 Å². The first-order valence-electron chi connectivity index (χ1n) is 7.42. The molecule has 1 amide bonds. The molecule has 1 saturated heterocycles. The molecule has 0 saturated carbocycles. The second-order valence-electron chi connectivity index (χ2n) is 6.15. The van der Waals surface area contributed by atoms with Gasteiger partial charge >= 0.3 is 0 Å². The molecule has 2 aromatic heterocycles. The summed E-state index contributed by atoms with van der Waals surface area (Å²) in [6.07, 6.45) is 5.34. The number of rotatable bonds is 4. The maximum absolute atomic E-state index is 12.6. The molecule has 7 nitrogen and oxygen atoms in total. The van der Waals surface area contributed by atoms with Crippen LogP contribution in [0.1, 0.15) is 42.3 Å². The van der Waals surface area contributed by atoms with Crippen LogP contribution in [0.25, 0.3) is 0 Å². The summed E-state index contributed by atoms with van der Waals surface area (Å²) < 4.78 is 7.00. The minimum Gasteiger partial charge on any atom is -0.468 e. The Hall–Kier alpha value is -2.15. The van der Waals surface area contributed by atoms with E-state index in [9.17, 15) is 9.90 Å². The Morgan fingerprint density at radius 1 is 1.55 bits per heavy atom. The summed E-state index contributed by atoms with van der Waals surface area (Å²) in [6, 6.07) is 1.70. The van der Waals surface area contributed by atoms with Crippen LogP contribution in [0.3, 0.4) is 0 Å². The van der Waals surface area contributed by atoms with E-state index < -0.39 is 5.60 Å². The molecule has 22 heavy (non-hydrogen) atoms. The Kier molecular flexibility index (Phi) is 3.74. The Bertz CT molecular complexity index is 650. The van der Waals surface area contributed by atoms with Crippen LogP contribution in [0.5, 0.6) is 0 Å². The lowest BCUT2D eigenvalue weighted by molar-refractivity contribution is 0.0266. The normalized spacial score (nSPS) is 21.7. The van der Waals surface area contributed by atoms with Crippen molar-refractivity contribution in [2.45, 2.75) is 38.3 Å². The fourth-order valence-corrected chi connectivity index (χ4v) is 2.89. The molecule has 0 aliphatic carbocycles. The predicted octanol–water partition coefficient (Wildman–Crippen LogP) is 1.27. The summed E-state index contributed by atoms with van der Waals surface area (Å²) in [4.78, 5) is 14.3. The number of nitrogens with zero attached hydrogens (tertiary/aromatic N) is 4. The van der Waals surface area contributed by atoms with E-state index in [2.05, 4.69) is 10.3 Å². The van der Waals surface area contributed by atoms with Crippen LogP contribution in [0.2, 0.25) is 0 Å². The van der Waals surface area contributed by atoms with Gasteiger partial charge in [-0.3, -0.25) is 4.79 Å². The van der Waals surface area contributed by atoms with Crippen molar-refractivity contribution in [1.82, 2.24) is 19.9 Å². The summed E-state index contributed by atoms with van der Waals surface area (Å²) in [5.41, 5.74) is -0.384. The van der Waals surface area contributed by atoms with Crippen LogP contribution in [-0.4, -0.2) is 49.6 Å². The van der Waals surface area contributed by atoms with Crippen molar-refractivity contribution in [2.75, 3.05) is 13.1 Å². The predicted molar refractivity (Wildman–Crippen MR) is 78.3 cm³/mol. The Labute approximate surface area is 128 Å². The first-order valence-corrected chi connectivity index (χ1v) is 7.42. The van der Waals surface area contributed by atoms with Gasteiger partial charge in [-0.2, -0.15) is 0 Å². The highest BCUT2D eigenvalue weighted by atomic mass is 16.3. The molecule has 1 fully saturated rings. The number of β-amino-alcohol motifs (C(OH)–C–C–N with tert-alkyl or cyclic N) is 1. The van der Waals surface area contributed by atoms with Gasteiger partial charge in [0.15, 0.2) is 0 Å². The summed E-state index contributed by atoms with van der Waals surface area (Å²) in [6.45, 7) is 5.11. The number of carbonyl (C=O) groups excluding carboxylic acids is 1. The number of hydrogen-bond donors (Lipinski definition) is 1. The first-order chi connectivity index (χ1) is 10.5. The van der Waals surface area contributed by atoms with Crippen molar-refractivity contribution >= 4 is 5.91 Å². The molecule has 3 heterocycles. The minimum absolute atomic E-state index is 0.0908. The van der Waals surface area contributed by atoms with Gasteiger partial charge in [0.25, 0.3) is 5.91 Å². The molecule has 118 valence electrons. The highest BCUT2D eigenvalue weighted by molar-refractivity contribution is 5.95. The van der Waals surface area contributed by atoms with Gasteiger partial charge in [0, 0.05) is 18.7 Å². The average molecular weight is 304 g/mol. The molecule has 1 aliphatic heterocycles. The highest BCUT2D eigenvalue weighted by Gasteiger charge is 2.39. The lowest BCUT2D eigenvalue weighted by Gasteiger charge is -2.23. The van der Waals surface area contributed by atoms with Crippen molar-refractivity contribution in [3.05, 3.63) is 36.0 Å². The fourth-order valence-electron chi connectivity index (χ4n) is 2.89. The van der Waals surface area contributed by atoms with Crippen molar-refractivity contribution in [3.8, 4) is 0 Å². The summed E-state index contributed by atoms with van der Waals surface area (Å²) in [7, 11) is 0. The second kappa shape index (κ2) is 5.57. The maximum Gasteiger partial charge on any atom is 0.257 e. The monoisotopic (exact) mass is 304 g/mol. The van der Waals surface area contributed by atoms with Gasteiger partial charge in [-0.15, -0.1) is 5.10 Å². The lowest BCUT2D eigenvalue weighted by atomic mass is 10.0.